The second kappa shape index (κ2) is 7.78. The zero-order chi connectivity index (χ0) is 15.8. The van der Waals surface area contributed by atoms with Gasteiger partial charge in [-0.3, -0.25) is 4.98 Å². The van der Waals surface area contributed by atoms with Crippen molar-refractivity contribution in [2.45, 2.75) is 13.3 Å². The molecular weight excluding hydrogens is 300 g/mol. The van der Waals surface area contributed by atoms with Crippen LogP contribution < -0.4 is 9.46 Å². The van der Waals surface area contributed by atoms with Crippen molar-refractivity contribution in [2.24, 2.45) is 0 Å². The molecule has 0 saturated carbocycles. The Balaban J connectivity index is 1.82. The highest BCUT2D eigenvalue weighted by Gasteiger charge is 2.05. The number of nitrogens with one attached hydrogen (secondary N) is 1. The molecule has 1 heterocycles. The number of nitrogens with zero attached hydrogens (tertiary/aromatic N) is 1. The van der Waals surface area contributed by atoms with Crippen LogP contribution in [0, 0.1) is 11.8 Å². The quantitative estimate of drug-likeness (QED) is 0.827. The van der Waals surface area contributed by atoms with Crippen LogP contribution in [-0.2, 0) is 10.0 Å². The summed E-state index contributed by atoms with van der Waals surface area (Å²) < 4.78 is 30.7. The highest BCUT2D eigenvalue weighted by molar-refractivity contribution is 7.89. The number of rotatable bonds is 6. The van der Waals surface area contributed by atoms with Gasteiger partial charge < -0.3 is 4.74 Å². The molecule has 5 nitrogen and oxygen atoms in total. The molecule has 1 aromatic heterocycles. The molecule has 0 unspecified atom stereocenters. The van der Waals surface area contributed by atoms with Crippen LogP contribution in [0.5, 0.6) is 5.75 Å². The van der Waals surface area contributed by atoms with Crippen molar-refractivity contribution in [1.29, 1.82) is 0 Å². The van der Waals surface area contributed by atoms with Crippen LogP contribution in [0.1, 0.15) is 13.3 Å². The fourth-order valence-electron chi connectivity index (χ4n) is 1.86. The van der Waals surface area contributed by atoms with Crippen LogP contribution in [-0.4, -0.2) is 32.3 Å². The second-order valence-electron chi connectivity index (χ2n) is 4.64. The number of hydrogen-bond acceptors (Lipinski definition) is 4. The molecule has 1 aromatic carbocycles. The Morgan fingerprint density at radius 1 is 1.27 bits per heavy atom. The summed E-state index contributed by atoms with van der Waals surface area (Å²) in [6.45, 7) is 2.12. The predicted molar refractivity (Wildman–Crippen MR) is 87.1 cm³/mol. The van der Waals surface area contributed by atoms with E-state index in [-0.39, 0.29) is 18.9 Å². The SMILES string of the molecule is CCCS(=O)(=O)NCC#CCOc1ccc2cccnc2c1. The van der Waals surface area contributed by atoms with Crippen molar-refractivity contribution in [3.63, 3.8) is 0 Å². The average Bonchev–Trinajstić information content (AvgIpc) is 2.50. The van der Waals surface area contributed by atoms with E-state index in [2.05, 4.69) is 21.5 Å². The maximum absolute atomic E-state index is 11.4. The Kier molecular flexibility index (Phi) is 5.75. The molecular formula is C16H18N2O3S. The van der Waals surface area contributed by atoms with Gasteiger partial charge in [0.1, 0.15) is 12.4 Å². The van der Waals surface area contributed by atoms with Crippen LogP contribution >= 0.6 is 0 Å². The van der Waals surface area contributed by atoms with Crippen LogP contribution in [0.25, 0.3) is 10.9 Å². The van der Waals surface area contributed by atoms with Gasteiger partial charge in [-0.1, -0.05) is 24.8 Å². The molecule has 0 aliphatic carbocycles. The van der Waals surface area contributed by atoms with Gasteiger partial charge >= 0.3 is 0 Å². The van der Waals surface area contributed by atoms with Gasteiger partial charge in [0, 0.05) is 17.6 Å². The molecule has 0 spiro atoms. The predicted octanol–water partition coefficient (Wildman–Crippen LogP) is 1.95. The summed E-state index contributed by atoms with van der Waals surface area (Å²) in [5.41, 5.74) is 0.861. The molecule has 0 radical (unpaired) electrons. The van der Waals surface area contributed by atoms with Crippen molar-refractivity contribution >= 4 is 20.9 Å². The average molecular weight is 318 g/mol. The topological polar surface area (TPSA) is 68.3 Å². The van der Waals surface area contributed by atoms with E-state index in [0.29, 0.717) is 12.2 Å². The van der Waals surface area contributed by atoms with Gasteiger partial charge in [0.15, 0.2) is 0 Å². The van der Waals surface area contributed by atoms with E-state index in [4.69, 9.17) is 4.74 Å². The molecule has 116 valence electrons. The van der Waals surface area contributed by atoms with E-state index in [1.54, 1.807) is 6.20 Å². The summed E-state index contributed by atoms with van der Waals surface area (Å²) in [6, 6.07) is 9.50. The standard InChI is InChI=1S/C16H18N2O3S/c1-2-12-22(19,20)18-10-3-4-11-21-15-8-7-14-6-5-9-17-16(14)13-15/h5-9,13,18H,2,10-12H2,1H3. The minimum atomic E-state index is -3.20. The lowest BCUT2D eigenvalue weighted by molar-refractivity contribution is 0.370. The Morgan fingerprint density at radius 3 is 2.95 bits per heavy atom. The van der Waals surface area contributed by atoms with Gasteiger partial charge in [-0.25, -0.2) is 13.1 Å². The summed E-state index contributed by atoms with van der Waals surface area (Å²) in [4.78, 5) is 4.25. The molecule has 2 aromatic rings. The monoisotopic (exact) mass is 318 g/mol. The molecule has 0 amide bonds. The fourth-order valence-corrected chi connectivity index (χ4v) is 2.83. The lowest BCUT2D eigenvalue weighted by Crippen LogP contribution is -2.26. The summed E-state index contributed by atoms with van der Waals surface area (Å²) in [5, 5.41) is 1.05. The van der Waals surface area contributed by atoms with Crippen molar-refractivity contribution in [3.8, 4) is 17.6 Å². The first kappa shape index (κ1) is 16.3. The normalized spacial score (nSPS) is 11.0. The number of sulfonamides is 1. The van der Waals surface area contributed by atoms with Crippen LogP contribution in [0.15, 0.2) is 36.5 Å². The van der Waals surface area contributed by atoms with E-state index < -0.39 is 10.0 Å². The van der Waals surface area contributed by atoms with Gasteiger partial charge in [-0.2, -0.15) is 0 Å². The third-order valence-corrected chi connectivity index (χ3v) is 4.40. The third kappa shape index (κ3) is 5.02. The Morgan fingerprint density at radius 2 is 2.14 bits per heavy atom. The first-order chi connectivity index (χ1) is 10.6. The molecule has 22 heavy (non-hydrogen) atoms. The van der Waals surface area contributed by atoms with Gasteiger partial charge in [0.25, 0.3) is 0 Å². The third-order valence-electron chi connectivity index (χ3n) is 2.87. The largest absolute Gasteiger partial charge is 0.481 e. The molecule has 6 heteroatoms. The molecule has 0 aliphatic rings. The van der Waals surface area contributed by atoms with Crippen LogP contribution in [0.2, 0.25) is 0 Å². The zero-order valence-electron chi connectivity index (χ0n) is 12.4. The molecule has 0 bridgehead atoms. The van der Waals surface area contributed by atoms with E-state index in [1.165, 1.54) is 0 Å². The van der Waals surface area contributed by atoms with Gasteiger partial charge in [-0.05, 0) is 24.6 Å². The highest BCUT2D eigenvalue weighted by atomic mass is 32.2. The first-order valence-electron chi connectivity index (χ1n) is 7.01. The lowest BCUT2D eigenvalue weighted by Gasteiger charge is -2.03. The van der Waals surface area contributed by atoms with Crippen molar-refractivity contribution < 1.29 is 13.2 Å². The molecule has 0 saturated heterocycles. The number of aromatic nitrogens is 1. The van der Waals surface area contributed by atoms with Crippen LogP contribution in [0.3, 0.4) is 0 Å². The minimum Gasteiger partial charge on any atom is -0.481 e. The van der Waals surface area contributed by atoms with E-state index in [9.17, 15) is 8.42 Å². The molecule has 0 aliphatic heterocycles. The summed E-state index contributed by atoms with van der Waals surface area (Å²) in [5.74, 6) is 6.31. The number of pyridine rings is 1. The van der Waals surface area contributed by atoms with E-state index >= 15 is 0 Å². The maximum Gasteiger partial charge on any atom is 0.212 e. The van der Waals surface area contributed by atoms with Gasteiger partial charge in [0.2, 0.25) is 10.0 Å². The Hall–Kier alpha value is -2.10. The maximum atomic E-state index is 11.4. The Labute approximate surface area is 130 Å². The second-order valence-corrected chi connectivity index (χ2v) is 6.57. The zero-order valence-corrected chi connectivity index (χ0v) is 13.2. The molecule has 0 fully saturated rings. The fraction of sp³-hybridized carbons (Fsp3) is 0.312. The van der Waals surface area contributed by atoms with Crippen molar-refractivity contribution in [2.75, 3.05) is 18.9 Å². The number of ether oxygens (including phenoxy) is 1. The van der Waals surface area contributed by atoms with E-state index in [1.807, 2.05) is 37.3 Å². The summed E-state index contributed by atoms with van der Waals surface area (Å²) >= 11 is 0. The molecule has 0 atom stereocenters. The minimum absolute atomic E-state index is 0.102. The lowest BCUT2D eigenvalue weighted by atomic mass is 10.2. The molecule has 2 rings (SSSR count). The number of hydrogen-bond donors (Lipinski definition) is 1. The highest BCUT2D eigenvalue weighted by Crippen LogP contribution is 2.18. The summed E-state index contributed by atoms with van der Waals surface area (Å²) in [7, 11) is -3.20. The number of benzene rings is 1. The van der Waals surface area contributed by atoms with Crippen molar-refractivity contribution in [3.05, 3.63) is 36.5 Å². The smallest absolute Gasteiger partial charge is 0.212 e. The number of fused-ring (bicyclic) bond motifs is 1. The van der Waals surface area contributed by atoms with Crippen molar-refractivity contribution in [1.82, 2.24) is 9.71 Å². The van der Waals surface area contributed by atoms with E-state index in [0.717, 1.165) is 10.9 Å². The Bertz CT molecular complexity index is 792. The molecule has 1 N–H and O–H groups in total. The van der Waals surface area contributed by atoms with Crippen LogP contribution in [0.4, 0.5) is 0 Å². The summed E-state index contributed by atoms with van der Waals surface area (Å²) in [6.07, 6.45) is 2.32. The first-order valence-corrected chi connectivity index (χ1v) is 8.66. The van der Waals surface area contributed by atoms with Gasteiger partial charge in [0.05, 0.1) is 17.8 Å². The van der Waals surface area contributed by atoms with Gasteiger partial charge in [-0.15, -0.1) is 0 Å².